The van der Waals surface area contributed by atoms with E-state index in [4.69, 9.17) is 5.73 Å². The van der Waals surface area contributed by atoms with E-state index in [9.17, 15) is 13.2 Å². The molecule has 0 radical (unpaired) electrons. The van der Waals surface area contributed by atoms with Crippen molar-refractivity contribution in [2.45, 2.75) is 33.2 Å². The largest absolute Gasteiger partial charge is 0.321 e. The summed E-state index contributed by atoms with van der Waals surface area (Å²) in [6.07, 6.45) is 0. The third-order valence-corrected chi connectivity index (χ3v) is 3.82. The van der Waals surface area contributed by atoms with Crippen molar-refractivity contribution >= 4 is 15.9 Å². The number of hydrogen-bond acceptors (Lipinski definition) is 1. The van der Waals surface area contributed by atoms with Gasteiger partial charge in [0.1, 0.15) is 0 Å². The molecule has 0 bridgehead atoms. The van der Waals surface area contributed by atoms with Crippen LogP contribution in [0, 0.1) is 22.9 Å². The monoisotopic (exact) mass is 309 g/mol. The van der Waals surface area contributed by atoms with Crippen LogP contribution in [-0.2, 0) is 5.54 Å². The molecule has 1 nitrogen and oxygen atoms in total. The molecule has 17 heavy (non-hydrogen) atoms. The van der Waals surface area contributed by atoms with E-state index in [1.165, 1.54) is 0 Å². The zero-order chi connectivity index (χ0) is 13.6. The lowest BCUT2D eigenvalue weighted by atomic mass is 9.71. The van der Waals surface area contributed by atoms with Crippen LogP contribution in [0.25, 0.3) is 0 Å². The van der Waals surface area contributed by atoms with Crippen LogP contribution in [0.5, 0.6) is 0 Å². The van der Waals surface area contributed by atoms with Gasteiger partial charge in [-0.1, -0.05) is 36.7 Å². The van der Waals surface area contributed by atoms with Gasteiger partial charge in [0.15, 0.2) is 17.5 Å². The molecule has 1 aromatic rings. The first-order valence-electron chi connectivity index (χ1n) is 5.12. The molecule has 0 saturated heterocycles. The number of rotatable bonds is 1. The molecule has 0 spiro atoms. The standard InChI is InChI=1S/C12H15BrF3N/c1-11(2,3)12(4,17)8-6(13)5-7(14)9(15)10(8)16/h5H,17H2,1-4H3. The second-order valence-electron chi connectivity index (χ2n) is 5.30. The van der Waals surface area contributed by atoms with Crippen molar-refractivity contribution in [2.75, 3.05) is 0 Å². The maximum Gasteiger partial charge on any atom is 0.194 e. The van der Waals surface area contributed by atoms with E-state index in [-0.39, 0.29) is 10.0 Å². The Morgan fingerprint density at radius 1 is 1.06 bits per heavy atom. The summed E-state index contributed by atoms with van der Waals surface area (Å²) >= 11 is 3.03. The summed E-state index contributed by atoms with van der Waals surface area (Å²) in [4.78, 5) is 0. The number of halogens is 4. The lowest BCUT2D eigenvalue weighted by molar-refractivity contribution is 0.201. The lowest BCUT2D eigenvalue weighted by Crippen LogP contribution is -2.46. The minimum atomic E-state index is -1.50. The summed E-state index contributed by atoms with van der Waals surface area (Å²) in [6, 6.07) is 0.893. The van der Waals surface area contributed by atoms with Crippen LogP contribution in [0.2, 0.25) is 0 Å². The summed E-state index contributed by atoms with van der Waals surface area (Å²) in [7, 11) is 0. The predicted molar refractivity (Wildman–Crippen MR) is 65.0 cm³/mol. The van der Waals surface area contributed by atoms with E-state index in [2.05, 4.69) is 15.9 Å². The molecular weight excluding hydrogens is 295 g/mol. The summed E-state index contributed by atoms with van der Waals surface area (Å²) in [6.45, 7) is 7.01. The second kappa shape index (κ2) is 4.28. The lowest BCUT2D eigenvalue weighted by Gasteiger charge is -2.39. The predicted octanol–water partition coefficient (Wildman–Crippen LogP) is 4.09. The Bertz CT molecular complexity index is 450. The summed E-state index contributed by atoms with van der Waals surface area (Å²) in [5.41, 5.74) is 4.38. The van der Waals surface area contributed by atoms with Crippen molar-refractivity contribution in [1.29, 1.82) is 0 Å². The first-order valence-corrected chi connectivity index (χ1v) is 5.91. The van der Waals surface area contributed by atoms with Crippen LogP contribution < -0.4 is 5.73 Å². The van der Waals surface area contributed by atoms with Gasteiger partial charge in [-0.05, 0) is 18.4 Å². The number of benzene rings is 1. The molecule has 1 rings (SSSR count). The Balaban J connectivity index is 3.58. The Kier molecular flexibility index (Phi) is 3.65. The maximum atomic E-state index is 13.8. The Labute approximate surface area is 107 Å². The van der Waals surface area contributed by atoms with Gasteiger partial charge in [0.2, 0.25) is 0 Å². The molecule has 0 amide bonds. The van der Waals surface area contributed by atoms with Crippen molar-refractivity contribution in [3.05, 3.63) is 33.6 Å². The Morgan fingerprint density at radius 2 is 1.53 bits per heavy atom. The minimum absolute atomic E-state index is 0.0519. The van der Waals surface area contributed by atoms with Crippen molar-refractivity contribution in [3.63, 3.8) is 0 Å². The minimum Gasteiger partial charge on any atom is -0.321 e. The van der Waals surface area contributed by atoms with Gasteiger partial charge >= 0.3 is 0 Å². The molecule has 0 aromatic heterocycles. The highest BCUT2D eigenvalue weighted by Gasteiger charge is 2.40. The van der Waals surface area contributed by atoms with Gasteiger partial charge in [0.05, 0.1) is 0 Å². The van der Waals surface area contributed by atoms with Crippen molar-refractivity contribution in [2.24, 2.45) is 11.1 Å². The van der Waals surface area contributed by atoms with E-state index >= 15 is 0 Å². The summed E-state index contributed by atoms with van der Waals surface area (Å²) < 4.78 is 40.2. The molecular formula is C12H15BrF3N. The first kappa shape index (κ1) is 14.5. The van der Waals surface area contributed by atoms with Gasteiger partial charge < -0.3 is 5.73 Å². The van der Waals surface area contributed by atoms with Gasteiger partial charge in [0.25, 0.3) is 0 Å². The van der Waals surface area contributed by atoms with E-state index < -0.39 is 28.4 Å². The summed E-state index contributed by atoms with van der Waals surface area (Å²) in [5, 5.41) is 0. The van der Waals surface area contributed by atoms with Crippen LogP contribution in [0.3, 0.4) is 0 Å². The van der Waals surface area contributed by atoms with Crippen LogP contribution >= 0.6 is 15.9 Å². The molecule has 0 saturated carbocycles. The second-order valence-corrected chi connectivity index (χ2v) is 6.15. The molecule has 5 heteroatoms. The number of nitrogens with two attached hydrogens (primary N) is 1. The van der Waals surface area contributed by atoms with E-state index in [0.717, 1.165) is 6.07 Å². The average Bonchev–Trinajstić information content (AvgIpc) is 2.12. The molecule has 1 atom stereocenters. The topological polar surface area (TPSA) is 26.0 Å². The first-order chi connectivity index (χ1) is 7.50. The zero-order valence-corrected chi connectivity index (χ0v) is 11.8. The molecule has 1 aromatic carbocycles. The van der Waals surface area contributed by atoms with E-state index in [0.29, 0.717) is 0 Å². The Hall–Kier alpha value is -0.550. The molecule has 0 aliphatic heterocycles. The van der Waals surface area contributed by atoms with Gasteiger partial charge in [-0.2, -0.15) is 0 Å². The fourth-order valence-corrected chi connectivity index (χ4v) is 2.20. The van der Waals surface area contributed by atoms with Crippen molar-refractivity contribution in [3.8, 4) is 0 Å². The van der Waals surface area contributed by atoms with Crippen LogP contribution in [-0.4, -0.2) is 0 Å². The van der Waals surface area contributed by atoms with E-state index in [1.54, 1.807) is 27.7 Å². The Morgan fingerprint density at radius 3 is 1.94 bits per heavy atom. The van der Waals surface area contributed by atoms with Crippen LogP contribution in [0.1, 0.15) is 33.3 Å². The average molecular weight is 310 g/mol. The van der Waals surface area contributed by atoms with Gasteiger partial charge in [-0.25, -0.2) is 13.2 Å². The van der Waals surface area contributed by atoms with Crippen LogP contribution in [0.4, 0.5) is 13.2 Å². The van der Waals surface area contributed by atoms with Gasteiger partial charge in [-0.15, -0.1) is 0 Å². The van der Waals surface area contributed by atoms with Crippen LogP contribution in [0.15, 0.2) is 10.5 Å². The van der Waals surface area contributed by atoms with Crippen molar-refractivity contribution < 1.29 is 13.2 Å². The third kappa shape index (κ3) is 2.36. The fourth-order valence-electron chi connectivity index (χ4n) is 1.42. The van der Waals surface area contributed by atoms with E-state index in [1.807, 2.05) is 0 Å². The highest BCUT2D eigenvalue weighted by molar-refractivity contribution is 9.10. The zero-order valence-electron chi connectivity index (χ0n) is 10.2. The maximum absolute atomic E-state index is 13.8. The highest BCUT2D eigenvalue weighted by Crippen LogP contribution is 2.42. The molecule has 1 unspecified atom stereocenters. The molecule has 0 aliphatic carbocycles. The highest BCUT2D eigenvalue weighted by atomic mass is 79.9. The molecule has 0 aliphatic rings. The molecule has 0 heterocycles. The SMILES string of the molecule is CC(C)(C)C(C)(N)c1c(Br)cc(F)c(F)c1F. The van der Waals surface area contributed by atoms with Gasteiger partial charge in [-0.3, -0.25) is 0 Å². The van der Waals surface area contributed by atoms with Crippen molar-refractivity contribution in [1.82, 2.24) is 0 Å². The number of hydrogen-bond donors (Lipinski definition) is 1. The normalized spacial score (nSPS) is 15.8. The smallest absolute Gasteiger partial charge is 0.194 e. The third-order valence-electron chi connectivity index (χ3n) is 3.19. The van der Waals surface area contributed by atoms with Gasteiger partial charge in [0, 0.05) is 15.6 Å². The quantitative estimate of drug-likeness (QED) is 0.614. The fraction of sp³-hybridized carbons (Fsp3) is 0.500. The summed E-state index contributed by atoms with van der Waals surface area (Å²) in [5.74, 6) is -3.97. The molecule has 0 fully saturated rings. The molecule has 2 N–H and O–H groups in total. The molecule has 96 valence electrons.